The van der Waals surface area contributed by atoms with E-state index in [2.05, 4.69) is 17.2 Å². The van der Waals surface area contributed by atoms with Crippen LogP contribution in [0, 0.1) is 23.6 Å². The molecule has 2 N–H and O–H groups in total. The van der Waals surface area contributed by atoms with Gasteiger partial charge in [-0.05, 0) is 42.0 Å². The van der Waals surface area contributed by atoms with Crippen LogP contribution in [-0.4, -0.2) is 35.7 Å². The van der Waals surface area contributed by atoms with Crippen molar-refractivity contribution in [3.8, 4) is 11.8 Å². The first-order chi connectivity index (χ1) is 9.70. The summed E-state index contributed by atoms with van der Waals surface area (Å²) < 4.78 is 13.3. The number of halogens is 1. The monoisotopic (exact) mass is 293 g/mol. The summed E-state index contributed by atoms with van der Waals surface area (Å²) in [4.78, 5) is 12.1. The van der Waals surface area contributed by atoms with Gasteiger partial charge in [0, 0.05) is 12.1 Å². The van der Waals surface area contributed by atoms with E-state index in [0.717, 1.165) is 17.9 Å². The van der Waals surface area contributed by atoms with Crippen LogP contribution >= 0.6 is 11.8 Å². The number of hydrogen-bond donors (Lipinski definition) is 2. The van der Waals surface area contributed by atoms with Crippen LogP contribution in [-0.2, 0) is 0 Å². The minimum Gasteiger partial charge on any atom is -0.384 e. The van der Waals surface area contributed by atoms with E-state index in [0.29, 0.717) is 18.0 Å². The summed E-state index contributed by atoms with van der Waals surface area (Å²) in [5.74, 6) is 7.04. The van der Waals surface area contributed by atoms with Crippen molar-refractivity contribution < 1.29 is 14.3 Å². The minimum atomic E-state index is -0.471. The maximum atomic E-state index is 13.3. The third kappa shape index (κ3) is 3.99. The highest BCUT2D eigenvalue weighted by Gasteiger charge is 2.18. The Morgan fingerprint density at radius 2 is 2.40 bits per heavy atom. The predicted octanol–water partition coefficient (Wildman–Crippen LogP) is 1.65. The molecule has 0 spiro atoms. The van der Waals surface area contributed by atoms with Crippen molar-refractivity contribution in [3.05, 3.63) is 35.1 Å². The molecule has 1 aliphatic rings. The number of nitrogens with one attached hydrogen (secondary N) is 1. The normalized spacial score (nSPS) is 17.4. The van der Waals surface area contributed by atoms with Gasteiger partial charge in [-0.1, -0.05) is 11.8 Å². The smallest absolute Gasteiger partial charge is 0.252 e. The van der Waals surface area contributed by atoms with Crippen LogP contribution in [0.4, 0.5) is 4.39 Å². The highest BCUT2D eigenvalue weighted by atomic mass is 32.2. The molecular formula is C15H16FNO2S. The van der Waals surface area contributed by atoms with Gasteiger partial charge in [0.15, 0.2) is 0 Å². The summed E-state index contributed by atoms with van der Waals surface area (Å²) >= 11 is 1.88. The van der Waals surface area contributed by atoms with Gasteiger partial charge in [-0.15, -0.1) is 0 Å². The van der Waals surface area contributed by atoms with Crippen molar-refractivity contribution in [2.24, 2.45) is 5.92 Å². The second-order valence-corrected chi connectivity index (χ2v) is 5.74. The van der Waals surface area contributed by atoms with Gasteiger partial charge in [-0.25, -0.2) is 4.39 Å². The zero-order chi connectivity index (χ0) is 14.4. The molecule has 0 saturated carbocycles. The van der Waals surface area contributed by atoms with E-state index in [1.807, 2.05) is 11.8 Å². The Morgan fingerprint density at radius 3 is 3.10 bits per heavy atom. The Morgan fingerprint density at radius 1 is 1.55 bits per heavy atom. The number of aliphatic hydroxyl groups is 1. The van der Waals surface area contributed by atoms with Gasteiger partial charge in [-0.2, -0.15) is 11.8 Å². The molecule has 106 valence electrons. The molecule has 1 atom stereocenters. The van der Waals surface area contributed by atoms with Crippen molar-refractivity contribution in [3.63, 3.8) is 0 Å². The Bertz CT molecular complexity index is 545. The molecule has 20 heavy (non-hydrogen) atoms. The summed E-state index contributed by atoms with van der Waals surface area (Å²) in [7, 11) is 0. The lowest BCUT2D eigenvalue weighted by Crippen LogP contribution is -2.29. The fourth-order valence-electron chi connectivity index (χ4n) is 2.02. The number of benzene rings is 1. The number of rotatable bonds is 3. The number of aliphatic hydroxyl groups excluding tert-OH is 1. The van der Waals surface area contributed by atoms with Crippen molar-refractivity contribution in [2.45, 2.75) is 6.42 Å². The zero-order valence-electron chi connectivity index (χ0n) is 11.0. The van der Waals surface area contributed by atoms with Crippen LogP contribution in [0.5, 0.6) is 0 Å². The fourth-order valence-corrected chi connectivity index (χ4v) is 3.31. The lowest BCUT2D eigenvalue weighted by Gasteiger charge is -2.11. The lowest BCUT2D eigenvalue weighted by atomic mass is 10.1. The van der Waals surface area contributed by atoms with E-state index in [4.69, 9.17) is 5.11 Å². The van der Waals surface area contributed by atoms with Gasteiger partial charge >= 0.3 is 0 Å². The maximum Gasteiger partial charge on any atom is 0.252 e. The number of carbonyl (C=O) groups excluding carboxylic acids is 1. The average molecular weight is 293 g/mol. The van der Waals surface area contributed by atoms with E-state index in [1.165, 1.54) is 18.2 Å². The SMILES string of the molecule is O=C(NCC1CCSC1)c1cc(F)ccc1C#CCO. The first-order valence-corrected chi connectivity index (χ1v) is 7.61. The third-order valence-corrected chi connectivity index (χ3v) is 4.34. The van der Waals surface area contributed by atoms with Gasteiger partial charge in [-0.3, -0.25) is 4.79 Å². The fraction of sp³-hybridized carbons (Fsp3) is 0.400. The van der Waals surface area contributed by atoms with Crippen molar-refractivity contribution in [1.29, 1.82) is 0 Å². The molecule has 1 saturated heterocycles. The largest absolute Gasteiger partial charge is 0.384 e. The summed E-state index contributed by atoms with van der Waals surface area (Å²) in [6.45, 7) is 0.312. The van der Waals surface area contributed by atoms with Crippen molar-refractivity contribution in [2.75, 3.05) is 24.7 Å². The summed E-state index contributed by atoms with van der Waals surface area (Å²) in [5, 5.41) is 11.5. The van der Waals surface area contributed by atoms with Crippen molar-refractivity contribution >= 4 is 17.7 Å². The van der Waals surface area contributed by atoms with Gasteiger partial charge < -0.3 is 10.4 Å². The number of thioether (sulfide) groups is 1. The second kappa shape index (κ2) is 7.32. The molecule has 0 aromatic heterocycles. The van der Waals surface area contributed by atoms with Crippen LogP contribution in [0.15, 0.2) is 18.2 Å². The van der Waals surface area contributed by atoms with Crippen LogP contribution in [0.2, 0.25) is 0 Å². The highest BCUT2D eigenvalue weighted by molar-refractivity contribution is 7.99. The van der Waals surface area contributed by atoms with E-state index in [1.54, 1.807) is 0 Å². The number of amides is 1. The van der Waals surface area contributed by atoms with E-state index < -0.39 is 5.82 Å². The summed E-state index contributed by atoms with van der Waals surface area (Å²) in [5.41, 5.74) is 0.648. The second-order valence-electron chi connectivity index (χ2n) is 4.59. The standard InChI is InChI=1S/C15H16FNO2S/c16-13-4-3-12(2-1-6-18)14(8-13)15(19)17-9-11-5-7-20-10-11/h3-4,8,11,18H,5-7,9-10H2,(H,17,19). The van der Waals surface area contributed by atoms with Crippen LogP contribution in [0.3, 0.4) is 0 Å². The topological polar surface area (TPSA) is 49.3 Å². The Balaban J connectivity index is 2.08. The lowest BCUT2D eigenvalue weighted by molar-refractivity contribution is 0.0948. The van der Waals surface area contributed by atoms with Gasteiger partial charge in [0.1, 0.15) is 12.4 Å². The Kier molecular flexibility index (Phi) is 5.45. The number of carbonyl (C=O) groups is 1. The van der Waals surface area contributed by atoms with Gasteiger partial charge in [0.25, 0.3) is 5.91 Å². The van der Waals surface area contributed by atoms with Crippen LogP contribution in [0.1, 0.15) is 22.3 Å². The minimum absolute atomic E-state index is 0.219. The highest BCUT2D eigenvalue weighted by Crippen LogP contribution is 2.22. The quantitative estimate of drug-likeness (QED) is 0.833. The van der Waals surface area contributed by atoms with Crippen molar-refractivity contribution in [1.82, 2.24) is 5.32 Å². The molecule has 1 aliphatic heterocycles. The molecule has 1 aromatic rings. The molecule has 1 heterocycles. The first kappa shape index (κ1) is 14.9. The summed E-state index contributed by atoms with van der Waals surface area (Å²) in [6, 6.07) is 3.89. The molecular weight excluding hydrogens is 277 g/mol. The van der Waals surface area contributed by atoms with Gasteiger partial charge in [0.05, 0.1) is 5.56 Å². The Hall–Kier alpha value is -1.51. The first-order valence-electron chi connectivity index (χ1n) is 6.46. The predicted molar refractivity (Wildman–Crippen MR) is 78.1 cm³/mol. The molecule has 1 unspecified atom stereocenters. The van der Waals surface area contributed by atoms with E-state index >= 15 is 0 Å². The third-order valence-electron chi connectivity index (χ3n) is 3.10. The van der Waals surface area contributed by atoms with Gasteiger partial charge in [0.2, 0.25) is 0 Å². The molecule has 3 nitrogen and oxygen atoms in total. The van der Waals surface area contributed by atoms with E-state index in [-0.39, 0.29) is 18.1 Å². The molecule has 1 aromatic carbocycles. The van der Waals surface area contributed by atoms with E-state index in [9.17, 15) is 9.18 Å². The maximum absolute atomic E-state index is 13.3. The summed E-state index contributed by atoms with van der Waals surface area (Å²) in [6.07, 6.45) is 1.10. The number of hydrogen-bond acceptors (Lipinski definition) is 3. The molecule has 2 rings (SSSR count). The Labute approximate surface area is 122 Å². The zero-order valence-corrected chi connectivity index (χ0v) is 11.8. The van der Waals surface area contributed by atoms with Crippen LogP contribution in [0.25, 0.3) is 0 Å². The average Bonchev–Trinajstić information content (AvgIpc) is 2.96. The van der Waals surface area contributed by atoms with Crippen LogP contribution < -0.4 is 5.32 Å². The molecule has 0 aliphatic carbocycles. The molecule has 0 radical (unpaired) electrons. The molecule has 1 amide bonds. The molecule has 0 bridgehead atoms. The molecule has 1 fully saturated rings. The molecule has 5 heteroatoms.